The van der Waals surface area contributed by atoms with Crippen LogP contribution in [0.15, 0.2) is 53.6 Å². The summed E-state index contributed by atoms with van der Waals surface area (Å²) in [7, 11) is 0. The van der Waals surface area contributed by atoms with Gasteiger partial charge >= 0.3 is 0 Å². The van der Waals surface area contributed by atoms with Gasteiger partial charge in [0.25, 0.3) is 5.56 Å². The lowest BCUT2D eigenvalue weighted by molar-refractivity contribution is 0.515. The summed E-state index contributed by atoms with van der Waals surface area (Å²) < 4.78 is 0. The molecule has 5 heteroatoms. The van der Waals surface area contributed by atoms with Crippen LogP contribution in [0.2, 0.25) is 0 Å². The number of hydrogen-bond acceptors (Lipinski definition) is 4. The minimum absolute atomic E-state index is 0.0496. The minimum atomic E-state index is -0.348. The maximum absolute atomic E-state index is 11.9. The van der Waals surface area contributed by atoms with Crippen LogP contribution in [-0.2, 0) is 0 Å². The Morgan fingerprint density at radius 2 is 2.05 bits per heavy atom. The van der Waals surface area contributed by atoms with Crippen molar-refractivity contribution in [2.75, 3.05) is 0 Å². The van der Waals surface area contributed by atoms with E-state index in [4.69, 9.17) is 0 Å². The van der Waals surface area contributed by atoms with E-state index >= 15 is 0 Å². The first kappa shape index (κ1) is 12.1. The molecule has 0 aliphatic rings. The molecule has 2 heterocycles. The fraction of sp³-hybridized carbons (Fsp3) is 0. The highest BCUT2D eigenvalue weighted by atomic mass is 16.3. The molecule has 3 aromatic rings. The van der Waals surface area contributed by atoms with Crippen LogP contribution < -0.4 is 5.56 Å². The topological polar surface area (TPSA) is 78.9 Å². The van der Waals surface area contributed by atoms with E-state index in [2.05, 4.69) is 15.0 Å². The Kier molecular flexibility index (Phi) is 3.01. The number of rotatable bonds is 2. The van der Waals surface area contributed by atoms with Crippen molar-refractivity contribution in [2.45, 2.75) is 0 Å². The summed E-state index contributed by atoms with van der Waals surface area (Å²) in [5, 5.41) is 10.00. The number of fused-ring (bicyclic) bond motifs is 1. The molecule has 5 nitrogen and oxygen atoms in total. The average molecular weight is 265 g/mol. The van der Waals surface area contributed by atoms with Crippen molar-refractivity contribution in [3.63, 3.8) is 0 Å². The van der Waals surface area contributed by atoms with Gasteiger partial charge in [-0.3, -0.25) is 9.78 Å². The van der Waals surface area contributed by atoms with Gasteiger partial charge in [0.1, 0.15) is 11.5 Å². The number of nitrogens with zero attached hydrogens (tertiary/aromatic N) is 2. The molecule has 0 aliphatic heterocycles. The van der Waals surface area contributed by atoms with E-state index in [0.29, 0.717) is 16.6 Å². The molecule has 0 atom stereocenters. The lowest BCUT2D eigenvalue weighted by Gasteiger charge is -2.01. The van der Waals surface area contributed by atoms with Crippen LogP contribution in [0, 0.1) is 0 Å². The Hall–Kier alpha value is -2.95. The maximum atomic E-state index is 11.9. The molecule has 0 saturated heterocycles. The van der Waals surface area contributed by atoms with Crippen molar-refractivity contribution < 1.29 is 5.11 Å². The number of hydrogen-bond donors (Lipinski definition) is 2. The SMILES string of the molecule is O=c1[nH]c2ccccc2nc1/C=C(\O)c1cccnc1. The smallest absolute Gasteiger partial charge is 0.274 e. The van der Waals surface area contributed by atoms with Crippen LogP contribution in [0.3, 0.4) is 0 Å². The molecule has 98 valence electrons. The number of pyridine rings is 1. The minimum Gasteiger partial charge on any atom is -0.507 e. The second-order valence-electron chi connectivity index (χ2n) is 4.24. The summed E-state index contributed by atoms with van der Waals surface area (Å²) in [6.45, 7) is 0. The Morgan fingerprint density at radius 3 is 2.85 bits per heavy atom. The molecule has 2 aromatic heterocycles. The second kappa shape index (κ2) is 4.97. The van der Waals surface area contributed by atoms with Gasteiger partial charge in [-0.15, -0.1) is 0 Å². The summed E-state index contributed by atoms with van der Waals surface area (Å²) in [4.78, 5) is 22.8. The molecule has 20 heavy (non-hydrogen) atoms. The highest BCUT2D eigenvalue weighted by Gasteiger charge is 2.05. The number of H-pyrrole nitrogens is 1. The van der Waals surface area contributed by atoms with E-state index < -0.39 is 0 Å². The number of aliphatic hydroxyl groups excluding tert-OH is 1. The second-order valence-corrected chi connectivity index (χ2v) is 4.24. The third-order valence-electron chi connectivity index (χ3n) is 2.86. The zero-order valence-corrected chi connectivity index (χ0v) is 10.4. The van der Waals surface area contributed by atoms with E-state index in [1.54, 1.807) is 30.5 Å². The summed E-state index contributed by atoms with van der Waals surface area (Å²) in [6.07, 6.45) is 4.46. The lowest BCUT2D eigenvalue weighted by Crippen LogP contribution is -2.12. The van der Waals surface area contributed by atoms with Crippen LogP contribution in [0.25, 0.3) is 22.9 Å². The quantitative estimate of drug-likeness (QED) is 0.697. The fourth-order valence-corrected chi connectivity index (χ4v) is 1.87. The lowest BCUT2D eigenvalue weighted by atomic mass is 10.2. The number of benzene rings is 1. The number of para-hydroxylation sites is 2. The summed E-state index contributed by atoms with van der Waals surface area (Å²) >= 11 is 0. The van der Waals surface area contributed by atoms with Gasteiger partial charge in [0.15, 0.2) is 0 Å². The molecular formula is C15H11N3O2. The van der Waals surface area contributed by atoms with E-state index in [0.717, 1.165) is 0 Å². The van der Waals surface area contributed by atoms with E-state index in [9.17, 15) is 9.90 Å². The van der Waals surface area contributed by atoms with Crippen LogP contribution >= 0.6 is 0 Å². The van der Waals surface area contributed by atoms with Gasteiger partial charge < -0.3 is 10.1 Å². The first-order chi connectivity index (χ1) is 9.74. The Morgan fingerprint density at radius 1 is 1.20 bits per heavy atom. The predicted octanol–water partition coefficient (Wildman–Crippen LogP) is 2.37. The highest BCUT2D eigenvalue weighted by molar-refractivity contribution is 5.78. The molecule has 0 fully saturated rings. The van der Waals surface area contributed by atoms with Crippen LogP contribution in [0.5, 0.6) is 0 Å². The van der Waals surface area contributed by atoms with Crippen molar-refractivity contribution in [1.29, 1.82) is 0 Å². The van der Waals surface area contributed by atoms with Gasteiger partial charge in [0, 0.05) is 24.0 Å². The normalized spacial score (nSPS) is 11.7. The van der Waals surface area contributed by atoms with Crippen LogP contribution in [-0.4, -0.2) is 20.1 Å². The predicted molar refractivity (Wildman–Crippen MR) is 77.1 cm³/mol. The fourth-order valence-electron chi connectivity index (χ4n) is 1.87. The average Bonchev–Trinajstić information content (AvgIpc) is 2.49. The molecule has 0 bridgehead atoms. The van der Waals surface area contributed by atoms with Gasteiger partial charge in [-0.05, 0) is 24.3 Å². The Labute approximate surface area is 114 Å². The number of aliphatic hydroxyl groups is 1. The first-order valence-corrected chi connectivity index (χ1v) is 6.04. The molecule has 0 saturated carbocycles. The summed E-state index contributed by atoms with van der Waals surface area (Å²) in [6, 6.07) is 10.6. The highest BCUT2D eigenvalue weighted by Crippen LogP contribution is 2.13. The molecule has 0 amide bonds. The van der Waals surface area contributed by atoms with Crippen molar-refractivity contribution in [2.24, 2.45) is 0 Å². The van der Waals surface area contributed by atoms with Crippen LogP contribution in [0.4, 0.5) is 0 Å². The standard InChI is InChI=1S/C15H11N3O2/c19-14(10-4-3-7-16-9-10)8-13-15(20)18-12-6-2-1-5-11(12)17-13/h1-9,19H,(H,18,20)/b14-8-. The number of nitrogens with one attached hydrogen (secondary N) is 1. The van der Waals surface area contributed by atoms with Gasteiger partial charge in [0.05, 0.1) is 11.0 Å². The van der Waals surface area contributed by atoms with Gasteiger partial charge in [0.2, 0.25) is 0 Å². The largest absolute Gasteiger partial charge is 0.507 e. The van der Waals surface area contributed by atoms with E-state index in [-0.39, 0.29) is 17.0 Å². The van der Waals surface area contributed by atoms with Gasteiger partial charge in [-0.2, -0.15) is 0 Å². The Bertz CT molecular complexity index is 838. The van der Waals surface area contributed by atoms with Crippen molar-refractivity contribution in [1.82, 2.24) is 15.0 Å². The monoisotopic (exact) mass is 265 g/mol. The Balaban J connectivity index is 2.11. The number of aromatic amines is 1. The van der Waals surface area contributed by atoms with Gasteiger partial charge in [-0.25, -0.2) is 4.98 Å². The molecular weight excluding hydrogens is 254 g/mol. The zero-order valence-electron chi connectivity index (χ0n) is 10.4. The van der Waals surface area contributed by atoms with E-state index in [1.807, 2.05) is 12.1 Å². The summed E-state index contributed by atoms with van der Waals surface area (Å²) in [5.74, 6) is -0.0496. The molecule has 0 unspecified atom stereocenters. The maximum Gasteiger partial charge on any atom is 0.274 e. The summed E-state index contributed by atoms with van der Waals surface area (Å²) in [5.41, 5.74) is 1.67. The first-order valence-electron chi connectivity index (χ1n) is 6.04. The molecule has 2 N–H and O–H groups in total. The van der Waals surface area contributed by atoms with Gasteiger partial charge in [-0.1, -0.05) is 12.1 Å². The molecule has 0 aliphatic carbocycles. The molecule has 1 aromatic carbocycles. The number of aromatic nitrogens is 3. The third-order valence-corrected chi connectivity index (χ3v) is 2.86. The van der Waals surface area contributed by atoms with Crippen molar-refractivity contribution >= 4 is 22.9 Å². The molecule has 0 spiro atoms. The third kappa shape index (κ3) is 2.29. The van der Waals surface area contributed by atoms with E-state index in [1.165, 1.54) is 12.3 Å². The van der Waals surface area contributed by atoms with Crippen LogP contribution in [0.1, 0.15) is 11.3 Å². The van der Waals surface area contributed by atoms with Crippen molar-refractivity contribution in [3.05, 3.63) is 70.4 Å². The van der Waals surface area contributed by atoms with Crippen molar-refractivity contribution in [3.8, 4) is 0 Å². The molecule has 3 rings (SSSR count). The molecule has 0 radical (unpaired) electrons. The zero-order chi connectivity index (χ0) is 13.9.